The molecule has 0 aromatic carbocycles. The summed E-state index contributed by atoms with van der Waals surface area (Å²) in [6.07, 6.45) is 6.00. The first-order chi connectivity index (χ1) is 5.25. The van der Waals surface area contributed by atoms with Gasteiger partial charge in [0.2, 0.25) is 0 Å². The number of halogens is 1. The Morgan fingerprint density at radius 1 is 1.73 bits per heavy atom. The van der Waals surface area contributed by atoms with E-state index in [-0.39, 0.29) is 5.01 Å². The fourth-order valence-electron chi connectivity index (χ4n) is 0.901. The van der Waals surface area contributed by atoms with Crippen molar-refractivity contribution in [2.45, 2.75) is 11.9 Å². The second-order valence-corrected chi connectivity index (χ2v) is 3.21. The molecule has 0 amide bonds. The molecule has 1 saturated heterocycles. The van der Waals surface area contributed by atoms with Crippen LogP contribution in [0.25, 0.3) is 0 Å². The minimum atomic E-state index is 0.0335. The minimum absolute atomic E-state index is 0.0335. The van der Waals surface area contributed by atoms with Gasteiger partial charge in [-0.1, -0.05) is 40.7 Å². The highest BCUT2D eigenvalue weighted by Crippen LogP contribution is 2.28. The Labute approximate surface area is 75.6 Å². The van der Waals surface area contributed by atoms with Crippen LogP contribution in [0.1, 0.15) is 6.92 Å². The molecular formula is C9H11BrO. The van der Waals surface area contributed by atoms with Gasteiger partial charge in [-0.05, 0) is 18.1 Å². The van der Waals surface area contributed by atoms with Crippen LogP contribution in [0.2, 0.25) is 0 Å². The van der Waals surface area contributed by atoms with E-state index in [0.717, 1.165) is 11.1 Å². The molecule has 0 spiro atoms. The van der Waals surface area contributed by atoms with E-state index in [1.165, 1.54) is 0 Å². The third-order valence-corrected chi connectivity index (χ3v) is 2.28. The van der Waals surface area contributed by atoms with Crippen LogP contribution in [0.5, 0.6) is 0 Å². The highest BCUT2D eigenvalue weighted by atomic mass is 79.9. The maximum absolute atomic E-state index is 5.29. The van der Waals surface area contributed by atoms with Crippen molar-refractivity contribution < 1.29 is 4.74 Å². The Morgan fingerprint density at radius 2 is 2.45 bits per heavy atom. The molecule has 0 aliphatic carbocycles. The summed E-state index contributed by atoms with van der Waals surface area (Å²) in [7, 11) is 0. The molecule has 60 valence electrons. The summed E-state index contributed by atoms with van der Waals surface area (Å²) in [5.74, 6) is 0. The molecule has 0 aromatic heterocycles. The summed E-state index contributed by atoms with van der Waals surface area (Å²) >= 11 is 3.39. The second kappa shape index (κ2) is 3.88. The molecule has 0 aromatic rings. The Kier molecular flexibility index (Phi) is 3.09. The highest BCUT2D eigenvalue weighted by Gasteiger charge is 2.20. The molecule has 0 bridgehead atoms. The third-order valence-electron chi connectivity index (χ3n) is 1.52. The molecule has 11 heavy (non-hydrogen) atoms. The lowest BCUT2D eigenvalue weighted by Gasteiger charge is -1.99. The molecule has 1 atom stereocenters. The Balaban J connectivity index is 2.75. The van der Waals surface area contributed by atoms with Gasteiger partial charge in [0.15, 0.2) is 0 Å². The molecule has 1 aliphatic heterocycles. The maximum atomic E-state index is 5.29. The zero-order chi connectivity index (χ0) is 8.27. The smallest absolute Gasteiger partial charge is 0.138 e. The van der Waals surface area contributed by atoms with Crippen molar-refractivity contribution in [3.05, 3.63) is 36.0 Å². The summed E-state index contributed by atoms with van der Waals surface area (Å²) in [5, 5.41) is 0.0335. The monoisotopic (exact) mass is 214 g/mol. The summed E-state index contributed by atoms with van der Waals surface area (Å²) in [5.41, 5.74) is 2.20. The maximum Gasteiger partial charge on any atom is 0.138 e. The van der Waals surface area contributed by atoms with E-state index in [2.05, 4.69) is 22.5 Å². The fourth-order valence-corrected chi connectivity index (χ4v) is 1.51. The average Bonchev–Trinajstić information content (AvgIpc) is 2.29. The Bertz CT molecular complexity index is 216. The zero-order valence-electron chi connectivity index (χ0n) is 6.51. The van der Waals surface area contributed by atoms with Crippen LogP contribution in [0.4, 0.5) is 0 Å². The third kappa shape index (κ3) is 2.04. The van der Waals surface area contributed by atoms with Crippen LogP contribution < -0.4 is 0 Å². The second-order valence-electron chi connectivity index (χ2n) is 2.38. The average molecular weight is 215 g/mol. The van der Waals surface area contributed by atoms with Gasteiger partial charge in [0.1, 0.15) is 5.01 Å². The van der Waals surface area contributed by atoms with E-state index in [1.807, 2.05) is 25.2 Å². The topological polar surface area (TPSA) is 9.23 Å². The molecule has 0 radical (unpaired) electrons. The van der Waals surface area contributed by atoms with Gasteiger partial charge in [0, 0.05) is 0 Å². The molecule has 1 rings (SSSR count). The van der Waals surface area contributed by atoms with Gasteiger partial charge in [0.05, 0.1) is 6.61 Å². The molecule has 0 saturated carbocycles. The first-order valence-corrected chi connectivity index (χ1v) is 4.44. The van der Waals surface area contributed by atoms with E-state index in [4.69, 9.17) is 4.74 Å². The van der Waals surface area contributed by atoms with E-state index in [0.29, 0.717) is 6.61 Å². The number of hydrogen-bond donors (Lipinski definition) is 0. The van der Waals surface area contributed by atoms with Crippen LogP contribution in [-0.4, -0.2) is 11.6 Å². The van der Waals surface area contributed by atoms with Gasteiger partial charge in [0.25, 0.3) is 0 Å². The van der Waals surface area contributed by atoms with Gasteiger partial charge < -0.3 is 4.74 Å². The number of allylic oxidation sites excluding steroid dienone is 3. The van der Waals surface area contributed by atoms with Crippen LogP contribution >= 0.6 is 15.9 Å². The lowest BCUT2D eigenvalue weighted by atomic mass is 10.1. The van der Waals surface area contributed by atoms with Gasteiger partial charge in [-0.3, -0.25) is 0 Å². The molecule has 1 unspecified atom stereocenters. The van der Waals surface area contributed by atoms with Crippen LogP contribution in [-0.2, 0) is 4.74 Å². The molecule has 1 fully saturated rings. The first-order valence-electron chi connectivity index (χ1n) is 3.52. The molecular weight excluding hydrogens is 204 g/mol. The van der Waals surface area contributed by atoms with Crippen molar-refractivity contribution in [1.82, 2.24) is 0 Å². The van der Waals surface area contributed by atoms with E-state index in [9.17, 15) is 0 Å². The van der Waals surface area contributed by atoms with Gasteiger partial charge >= 0.3 is 0 Å². The minimum Gasteiger partial charge on any atom is -0.358 e. The zero-order valence-corrected chi connectivity index (χ0v) is 8.10. The van der Waals surface area contributed by atoms with Crippen molar-refractivity contribution >= 4 is 15.9 Å². The van der Waals surface area contributed by atoms with Crippen LogP contribution in [0, 0.1) is 0 Å². The highest BCUT2D eigenvalue weighted by molar-refractivity contribution is 9.09. The number of ether oxygens (including phenoxy) is 1. The van der Waals surface area contributed by atoms with Crippen molar-refractivity contribution in [2.24, 2.45) is 0 Å². The summed E-state index contributed by atoms with van der Waals surface area (Å²) in [6, 6.07) is 0. The van der Waals surface area contributed by atoms with Crippen LogP contribution in [0.3, 0.4) is 0 Å². The van der Waals surface area contributed by atoms with Gasteiger partial charge in [-0.2, -0.15) is 0 Å². The summed E-state index contributed by atoms with van der Waals surface area (Å²) in [6.45, 7) is 6.50. The molecule has 1 nitrogen and oxygen atoms in total. The SMILES string of the molecule is C=C1COC(Br)/C1=C/C=C\C. The van der Waals surface area contributed by atoms with Gasteiger partial charge in [-0.25, -0.2) is 0 Å². The normalized spacial score (nSPS) is 29.1. The predicted molar refractivity (Wildman–Crippen MR) is 50.7 cm³/mol. The Hall–Kier alpha value is -0.340. The van der Waals surface area contributed by atoms with Crippen LogP contribution in [0.15, 0.2) is 36.0 Å². The van der Waals surface area contributed by atoms with Gasteiger partial charge in [-0.15, -0.1) is 0 Å². The molecule has 0 N–H and O–H groups in total. The predicted octanol–water partition coefficient (Wildman–Crippen LogP) is 2.80. The summed E-state index contributed by atoms with van der Waals surface area (Å²) < 4.78 is 5.29. The largest absolute Gasteiger partial charge is 0.358 e. The molecule has 2 heteroatoms. The fraction of sp³-hybridized carbons (Fsp3) is 0.333. The number of hydrogen-bond acceptors (Lipinski definition) is 1. The number of rotatable bonds is 1. The quantitative estimate of drug-likeness (QED) is 0.611. The lowest BCUT2D eigenvalue weighted by Crippen LogP contribution is -1.94. The van der Waals surface area contributed by atoms with Crippen molar-refractivity contribution in [1.29, 1.82) is 0 Å². The molecule has 1 aliphatic rings. The standard InChI is InChI=1S/C9H11BrO/c1-3-4-5-8-7(2)6-11-9(8)10/h3-5,9H,2,6H2,1H3/b4-3-,8-5+. The van der Waals surface area contributed by atoms with Crippen molar-refractivity contribution in [2.75, 3.05) is 6.61 Å². The first kappa shape index (κ1) is 8.75. The van der Waals surface area contributed by atoms with E-state index in [1.54, 1.807) is 0 Å². The lowest BCUT2D eigenvalue weighted by molar-refractivity contribution is 0.195. The van der Waals surface area contributed by atoms with E-state index >= 15 is 0 Å². The molecule has 1 heterocycles. The Morgan fingerprint density at radius 3 is 2.91 bits per heavy atom. The van der Waals surface area contributed by atoms with Crippen molar-refractivity contribution in [3.63, 3.8) is 0 Å². The number of alkyl halides is 1. The summed E-state index contributed by atoms with van der Waals surface area (Å²) in [4.78, 5) is 0. The van der Waals surface area contributed by atoms with Crippen molar-refractivity contribution in [3.8, 4) is 0 Å². The van der Waals surface area contributed by atoms with E-state index < -0.39 is 0 Å².